The Labute approximate surface area is 129 Å². The van der Waals surface area contributed by atoms with E-state index in [9.17, 15) is 8.42 Å². The number of aromatic nitrogens is 2. The summed E-state index contributed by atoms with van der Waals surface area (Å²) < 4.78 is 29.1. The largest absolute Gasteiger partial charge is 0.391 e. The molecule has 0 spiro atoms. The SMILES string of the molecule is Cc1nn(C)cc1CNS(=O)(=O)c1cc(CO)sc1Br. The average molecular weight is 380 g/mol. The van der Waals surface area contributed by atoms with E-state index in [0.29, 0.717) is 8.66 Å². The third-order valence-electron chi connectivity index (χ3n) is 2.72. The van der Waals surface area contributed by atoms with E-state index in [4.69, 9.17) is 5.11 Å². The Morgan fingerprint density at radius 1 is 1.55 bits per heavy atom. The van der Waals surface area contributed by atoms with E-state index < -0.39 is 10.0 Å². The molecule has 2 heterocycles. The first-order chi connectivity index (χ1) is 9.33. The van der Waals surface area contributed by atoms with Gasteiger partial charge in [-0.2, -0.15) is 5.10 Å². The first kappa shape index (κ1) is 15.6. The van der Waals surface area contributed by atoms with Gasteiger partial charge in [-0.05, 0) is 28.9 Å². The minimum Gasteiger partial charge on any atom is -0.391 e. The molecule has 0 fully saturated rings. The zero-order valence-corrected chi connectivity index (χ0v) is 14.1. The van der Waals surface area contributed by atoms with Crippen LogP contribution in [0.2, 0.25) is 0 Å². The summed E-state index contributed by atoms with van der Waals surface area (Å²) in [5, 5.41) is 13.2. The number of halogens is 1. The number of rotatable bonds is 5. The molecule has 0 saturated heterocycles. The Kier molecular flexibility index (Phi) is 4.65. The van der Waals surface area contributed by atoms with Crippen molar-refractivity contribution in [2.24, 2.45) is 7.05 Å². The molecule has 2 N–H and O–H groups in total. The smallest absolute Gasteiger partial charge is 0.242 e. The highest BCUT2D eigenvalue weighted by Crippen LogP contribution is 2.31. The Hall–Kier alpha value is -0.740. The molecule has 0 unspecified atom stereocenters. The van der Waals surface area contributed by atoms with Gasteiger partial charge in [-0.3, -0.25) is 4.68 Å². The lowest BCUT2D eigenvalue weighted by molar-refractivity contribution is 0.285. The van der Waals surface area contributed by atoms with Crippen LogP contribution in [0.4, 0.5) is 0 Å². The predicted octanol–water partition coefficient (Wildman–Crippen LogP) is 1.52. The Bertz CT molecular complexity index is 721. The molecule has 0 amide bonds. The van der Waals surface area contributed by atoms with Gasteiger partial charge in [0, 0.05) is 30.2 Å². The lowest BCUT2D eigenvalue weighted by Gasteiger charge is -2.04. The zero-order chi connectivity index (χ0) is 14.9. The predicted molar refractivity (Wildman–Crippen MR) is 79.9 cm³/mol. The van der Waals surface area contributed by atoms with Crippen LogP contribution in [0.25, 0.3) is 0 Å². The van der Waals surface area contributed by atoms with Crippen LogP contribution < -0.4 is 4.72 Å². The first-order valence-corrected chi connectivity index (χ1v) is 8.80. The molecule has 0 aromatic carbocycles. The molecule has 0 saturated carbocycles. The van der Waals surface area contributed by atoms with Crippen molar-refractivity contribution >= 4 is 37.3 Å². The molecule has 0 aliphatic heterocycles. The van der Waals surface area contributed by atoms with E-state index in [1.807, 2.05) is 6.92 Å². The van der Waals surface area contributed by atoms with Gasteiger partial charge in [0.15, 0.2) is 0 Å². The molecule has 0 bridgehead atoms. The van der Waals surface area contributed by atoms with Gasteiger partial charge in [0.2, 0.25) is 10.0 Å². The Balaban J connectivity index is 2.19. The van der Waals surface area contributed by atoms with Crippen LogP contribution >= 0.6 is 27.3 Å². The van der Waals surface area contributed by atoms with Gasteiger partial charge in [0.25, 0.3) is 0 Å². The van der Waals surface area contributed by atoms with E-state index >= 15 is 0 Å². The van der Waals surface area contributed by atoms with Crippen LogP contribution in [-0.4, -0.2) is 23.3 Å². The van der Waals surface area contributed by atoms with Crippen molar-refractivity contribution in [3.8, 4) is 0 Å². The summed E-state index contributed by atoms with van der Waals surface area (Å²) in [4.78, 5) is 0.739. The molecule has 2 aromatic rings. The van der Waals surface area contributed by atoms with Gasteiger partial charge in [0.1, 0.15) is 4.90 Å². The van der Waals surface area contributed by atoms with Gasteiger partial charge >= 0.3 is 0 Å². The fourth-order valence-corrected chi connectivity index (χ4v) is 5.28. The number of aliphatic hydroxyl groups excluding tert-OH is 1. The minimum absolute atomic E-state index is 0.146. The highest BCUT2D eigenvalue weighted by molar-refractivity contribution is 9.11. The first-order valence-electron chi connectivity index (χ1n) is 5.71. The molecule has 2 rings (SSSR count). The van der Waals surface area contributed by atoms with Crippen LogP contribution in [0.3, 0.4) is 0 Å². The fourth-order valence-electron chi connectivity index (χ4n) is 1.73. The van der Waals surface area contributed by atoms with Crippen molar-refractivity contribution in [2.75, 3.05) is 0 Å². The van der Waals surface area contributed by atoms with E-state index in [2.05, 4.69) is 25.8 Å². The second kappa shape index (κ2) is 5.94. The minimum atomic E-state index is -3.62. The van der Waals surface area contributed by atoms with Crippen molar-refractivity contribution in [1.29, 1.82) is 0 Å². The van der Waals surface area contributed by atoms with E-state index in [1.165, 1.54) is 17.4 Å². The summed E-state index contributed by atoms with van der Waals surface area (Å²) in [6, 6.07) is 1.47. The van der Waals surface area contributed by atoms with Crippen molar-refractivity contribution in [2.45, 2.75) is 25.0 Å². The third-order valence-corrected chi connectivity index (χ3v) is 6.36. The highest BCUT2D eigenvalue weighted by Gasteiger charge is 2.21. The summed E-state index contributed by atoms with van der Waals surface area (Å²) in [6.45, 7) is 1.83. The van der Waals surface area contributed by atoms with Gasteiger partial charge in [0.05, 0.1) is 16.1 Å². The molecular weight excluding hydrogens is 366 g/mol. The van der Waals surface area contributed by atoms with Crippen molar-refractivity contribution < 1.29 is 13.5 Å². The topological polar surface area (TPSA) is 84.2 Å². The molecule has 9 heteroatoms. The molecule has 110 valence electrons. The number of hydrogen-bond donors (Lipinski definition) is 2. The molecule has 6 nitrogen and oxygen atoms in total. The highest BCUT2D eigenvalue weighted by atomic mass is 79.9. The van der Waals surface area contributed by atoms with E-state index in [1.54, 1.807) is 17.9 Å². The van der Waals surface area contributed by atoms with Gasteiger partial charge < -0.3 is 5.11 Å². The quantitative estimate of drug-likeness (QED) is 0.824. The molecule has 0 atom stereocenters. The zero-order valence-electron chi connectivity index (χ0n) is 10.9. The maximum absolute atomic E-state index is 12.2. The number of nitrogens with zero attached hydrogens (tertiary/aromatic N) is 2. The number of aryl methyl sites for hydroxylation is 2. The second-order valence-electron chi connectivity index (χ2n) is 4.25. The summed E-state index contributed by atoms with van der Waals surface area (Å²) in [5.41, 5.74) is 1.61. The van der Waals surface area contributed by atoms with Crippen molar-refractivity contribution in [3.63, 3.8) is 0 Å². The maximum Gasteiger partial charge on any atom is 0.242 e. The fraction of sp³-hybridized carbons (Fsp3) is 0.364. The number of hydrogen-bond acceptors (Lipinski definition) is 5. The van der Waals surface area contributed by atoms with E-state index in [0.717, 1.165) is 11.3 Å². The lowest BCUT2D eigenvalue weighted by Crippen LogP contribution is -2.23. The van der Waals surface area contributed by atoms with Gasteiger partial charge in [-0.15, -0.1) is 11.3 Å². The van der Waals surface area contributed by atoms with Gasteiger partial charge in [-0.25, -0.2) is 13.1 Å². The molecule has 2 aromatic heterocycles. The Morgan fingerprint density at radius 3 is 2.75 bits per heavy atom. The monoisotopic (exact) mass is 379 g/mol. The molecule has 0 radical (unpaired) electrons. The van der Waals surface area contributed by atoms with Crippen LogP contribution in [0.5, 0.6) is 0 Å². The van der Waals surface area contributed by atoms with Crippen molar-refractivity contribution in [1.82, 2.24) is 14.5 Å². The van der Waals surface area contributed by atoms with Crippen molar-refractivity contribution in [3.05, 3.63) is 32.2 Å². The number of sulfonamides is 1. The van der Waals surface area contributed by atoms with Gasteiger partial charge in [-0.1, -0.05) is 0 Å². The van der Waals surface area contributed by atoms with Crippen LogP contribution in [0, 0.1) is 6.92 Å². The van der Waals surface area contributed by atoms with Crippen LogP contribution in [0.15, 0.2) is 20.9 Å². The number of nitrogens with one attached hydrogen (secondary N) is 1. The number of thiophene rings is 1. The van der Waals surface area contributed by atoms with Crippen LogP contribution in [0.1, 0.15) is 16.1 Å². The lowest BCUT2D eigenvalue weighted by atomic mass is 10.3. The Morgan fingerprint density at radius 2 is 2.25 bits per heavy atom. The summed E-state index contributed by atoms with van der Waals surface area (Å²) in [6.07, 6.45) is 1.78. The maximum atomic E-state index is 12.2. The van der Waals surface area contributed by atoms with E-state index in [-0.39, 0.29) is 18.0 Å². The summed E-state index contributed by atoms with van der Waals surface area (Å²) in [7, 11) is -1.83. The molecule has 0 aliphatic carbocycles. The standard InChI is InChI=1S/C11H14BrN3O3S2/c1-7-8(5-15(2)14-7)4-13-20(17,18)10-3-9(6-16)19-11(10)12/h3,5,13,16H,4,6H2,1-2H3. The normalized spacial score (nSPS) is 12.0. The molecule has 20 heavy (non-hydrogen) atoms. The molecular formula is C11H14BrN3O3S2. The molecule has 0 aliphatic rings. The number of aliphatic hydroxyl groups is 1. The third kappa shape index (κ3) is 3.29. The second-order valence-corrected chi connectivity index (χ2v) is 8.44. The summed E-state index contributed by atoms with van der Waals surface area (Å²) >= 11 is 4.41. The average Bonchev–Trinajstić information content (AvgIpc) is 2.90. The summed E-state index contributed by atoms with van der Waals surface area (Å²) in [5.74, 6) is 0. The van der Waals surface area contributed by atoms with Crippen LogP contribution in [-0.2, 0) is 30.2 Å².